The van der Waals surface area contributed by atoms with E-state index < -0.39 is 43.1 Å². The van der Waals surface area contributed by atoms with Gasteiger partial charge in [0.25, 0.3) is 0 Å². The highest BCUT2D eigenvalue weighted by Crippen LogP contribution is 2.50. The van der Waals surface area contributed by atoms with E-state index in [9.17, 15) is 24.3 Å². The summed E-state index contributed by atoms with van der Waals surface area (Å²) in [6, 6.07) is 5.56. The number of carboxylic acid groups (broad SMARTS) is 1. The number of ether oxygens (including phenoxy) is 3. The molecule has 0 bridgehead atoms. The molecule has 0 heterocycles. The number of rotatable bonds is 12. The molecular weight excluding hydrogens is 531 g/mol. The molecule has 2 unspecified atom stereocenters. The number of esters is 3. The van der Waals surface area contributed by atoms with Gasteiger partial charge in [-0.05, 0) is 50.1 Å². The van der Waals surface area contributed by atoms with Crippen LogP contribution in [0.1, 0.15) is 93.9 Å². The van der Waals surface area contributed by atoms with Gasteiger partial charge in [0.15, 0.2) is 6.10 Å². The number of aromatic carboxylic acids is 1. The minimum atomic E-state index is -1.29. The van der Waals surface area contributed by atoms with Crippen LogP contribution in [0.4, 0.5) is 0 Å². The average Bonchev–Trinajstić information content (AvgIpc) is 3.43. The SMILES string of the molecule is C=CC(=O)OCC(COC(=O)C(C)(CC(C)(C)C)P(C)C)OC(=O)c1ccccc1C(=O)O.CCC1CCCC1. The third-order valence-corrected chi connectivity index (χ3v) is 9.30. The quantitative estimate of drug-likeness (QED) is 0.126. The molecule has 1 aliphatic carbocycles. The monoisotopic (exact) mass is 578 g/mol. The van der Waals surface area contributed by atoms with Gasteiger partial charge < -0.3 is 19.3 Å². The Hall–Kier alpha value is -2.73. The summed E-state index contributed by atoms with van der Waals surface area (Å²) in [6.45, 7) is 16.8. The molecule has 1 aromatic rings. The zero-order valence-corrected chi connectivity index (χ0v) is 26.1. The fourth-order valence-corrected chi connectivity index (χ4v) is 5.82. The topological polar surface area (TPSA) is 116 Å². The van der Waals surface area contributed by atoms with Crippen LogP contribution < -0.4 is 0 Å². The first-order valence-electron chi connectivity index (χ1n) is 13.8. The Labute approximate surface area is 240 Å². The maximum absolute atomic E-state index is 13.0. The maximum atomic E-state index is 13.0. The van der Waals surface area contributed by atoms with Crippen molar-refractivity contribution in [1.29, 1.82) is 0 Å². The lowest BCUT2D eigenvalue weighted by Crippen LogP contribution is -2.41. The summed E-state index contributed by atoms with van der Waals surface area (Å²) >= 11 is 0. The lowest BCUT2D eigenvalue weighted by molar-refractivity contribution is -0.153. The van der Waals surface area contributed by atoms with Crippen molar-refractivity contribution in [3.8, 4) is 0 Å². The van der Waals surface area contributed by atoms with Crippen LogP contribution in [0.15, 0.2) is 36.9 Å². The fraction of sp³-hybridized carbons (Fsp3) is 0.613. The van der Waals surface area contributed by atoms with E-state index in [1.807, 2.05) is 41.0 Å². The predicted octanol–water partition coefficient (Wildman–Crippen LogP) is 6.71. The van der Waals surface area contributed by atoms with Crippen LogP contribution in [-0.2, 0) is 23.8 Å². The average molecular weight is 579 g/mol. The van der Waals surface area contributed by atoms with E-state index in [4.69, 9.17) is 14.2 Å². The highest BCUT2D eigenvalue weighted by atomic mass is 31.1. The molecule has 0 saturated heterocycles. The van der Waals surface area contributed by atoms with Gasteiger partial charge in [0.2, 0.25) is 0 Å². The normalized spacial score (nSPS) is 15.7. The minimum Gasteiger partial charge on any atom is -0.478 e. The van der Waals surface area contributed by atoms with Crippen LogP contribution in [0.25, 0.3) is 0 Å². The molecule has 0 amide bonds. The van der Waals surface area contributed by atoms with Crippen LogP contribution in [0, 0.1) is 11.3 Å². The van der Waals surface area contributed by atoms with Gasteiger partial charge in [-0.15, -0.1) is 0 Å². The molecule has 2 rings (SSSR count). The van der Waals surface area contributed by atoms with Gasteiger partial charge in [0.05, 0.1) is 16.3 Å². The molecule has 1 fully saturated rings. The van der Waals surface area contributed by atoms with Gasteiger partial charge in [-0.25, -0.2) is 14.4 Å². The third-order valence-electron chi connectivity index (χ3n) is 6.98. The summed E-state index contributed by atoms with van der Waals surface area (Å²) in [7, 11) is -0.712. The largest absolute Gasteiger partial charge is 0.478 e. The van der Waals surface area contributed by atoms with Crippen molar-refractivity contribution in [2.24, 2.45) is 11.3 Å². The Morgan fingerprint density at radius 3 is 2.02 bits per heavy atom. The lowest BCUT2D eigenvalue weighted by Gasteiger charge is -2.37. The Morgan fingerprint density at radius 2 is 1.57 bits per heavy atom. The minimum absolute atomic E-state index is 0.119. The Bertz CT molecular complexity index is 1010. The molecule has 0 aromatic heterocycles. The van der Waals surface area contributed by atoms with Crippen molar-refractivity contribution in [1.82, 2.24) is 0 Å². The molecule has 9 heteroatoms. The number of carbonyl (C=O) groups is 4. The van der Waals surface area contributed by atoms with Gasteiger partial charge in [0.1, 0.15) is 13.2 Å². The molecule has 1 saturated carbocycles. The smallest absolute Gasteiger partial charge is 0.339 e. The van der Waals surface area contributed by atoms with E-state index in [0.29, 0.717) is 6.42 Å². The lowest BCUT2D eigenvalue weighted by atomic mass is 9.85. The maximum Gasteiger partial charge on any atom is 0.339 e. The van der Waals surface area contributed by atoms with E-state index in [1.165, 1.54) is 56.4 Å². The van der Waals surface area contributed by atoms with Gasteiger partial charge in [-0.2, -0.15) is 0 Å². The number of benzene rings is 1. The van der Waals surface area contributed by atoms with Crippen molar-refractivity contribution in [3.05, 3.63) is 48.0 Å². The second kappa shape index (κ2) is 16.5. The molecule has 40 heavy (non-hydrogen) atoms. The first kappa shape index (κ1) is 35.3. The standard InChI is InChI=1S/C24H33O8P.C7H14/c1-8-19(25)30-13-16(32-21(28)18-12-10-9-11-17(18)20(26)27)14-31-22(29)24(5,33(6)7)15-23(2,3)4;1-2-7-5-3-4-6-7/h8-12,16H,1,13-15H2,2-7H3,(H,26,27);7H,2-6H2,1H3. The zero-order valence-electron chi connectivity index (χ0n) is 25.2. The van der Waals surface area contributed by atoms with Gasteiger partial charge in [-0.3, -0.25) is 4.79 Å². The predicted molar refractivity (Wildman–Crippen MR) is 158 cm³/mol. The number of hydrogen-bond acceptors (Lipinski definition) is 7. The van der Waals surface area contributed by atoms with Crippen LogP contribution >= 0.6 is 7.92 Å². The summed E-state index contributed by atoms with van der Waals surface area (Å²) in [5, 5.41) is 8.59. The summed E-state index contributed by atoms with van der Waals surface area (Å²) in [5.41, 5.74) is -0.520. The summed E-state index contributed by atoms with van der Waals surface area (Å²) in [5.74, 6) is -2.30. The van der Waals surface area contributed by atoms with Crippen LogP contribution in [-0.4, -0.2) is 66.8 Å². The van der Waals surface area contributed by atoms with Crippen molar-refractivity contribution in [2.75, 3.05) is 26.5 Å². The molecule has 1 aliphatic rings. The fourth-order valence-electron chi connectivity index (χ4n) is 4.60. The van der Waals surface area contributed by atoms with Crippen LogP contribution in [0.5, 0.6) is 0 Å². The highest BCUT2D eigenvalue weighted by molar-refractivity contribution is 7.58. The molecule has 0 spiro atoms. The molecule has 8 nitrogen and oxygen atoms in total. The van der Waals surface area contributed by atoms with Crippen LogP contribution in [0.2, 0.25) is 0 Å². The molecule has 1 aromatic carbocycles. The van der Waals surface area contributed by atoms with Crippen molar-refractivity contribution in [3.63, 3.8) is 0 Å². The summed E-state index contributed by atoms with van der Waals surface area (Å²) in [4.78, 5) is 48.6. The number of carbonyl (C=O) groups excluding carboxylic acids is 3. The second-order valence-electron chi connectivity index (χ2n) is 11.8. The highest BCUT2D eigenvalue weighted by Gasteiger charge is 2.41. The number of carboxylic acids is 1. The van der Waals surface area contributed by atoms with Crippen LogP contribution in [0.3, 0.4) is 0 Å². The summed E-state index contributed by atoms with van der Waals surface area (Å²) < 4.78 is 15.9. The first-order chi connectivity index (χ1) is 18.6. The van der Waals surface area contributed by atoms with Gasteiger partial charge in [0, 0.05) is 6.08 Å². The molecule has 0 aliphatic heterocycles. The molecule has 224 valence electrons. The van der Waals surface area contributed by atoms with E-state index >= 15 is 0 Å². The Kier molecular flexibility index (Phi) is 14.6. The van der Waals surface area contributed by atoms with E-state index in [-0.39, 0.29) is 29.8 Å². The zero-order chi connectivity index (χ0) is 30.5. The molecule has 2 atom stereocenters. The molecule has 1 N–H and O–H groups in total. The molecule has 0 radical (unpaired) electrons. The van der Waals surface area contributed by atoms with Crippen molar-refractivity contribution < 1.29 is 38.5 Å². The van der Waals surface area contributed by atoms with Crippen molar-refractivity contribution in [2.45, 2.75) is 84.4 Å². The Balaban J connectivity index is 0.000000985. The third kappa shape index (κ3) is 11.8. The second-order valence-corrected chi connectivity index (χ2v) is 14.6. The van der Waals surface area contributed by atoms with E-state index in [2.05, 4.69) is 13.5 Å². The van der Waals surface area contributed by atoms with Gasteiger partial charge >= 0.3 is 23.9 Å². The molecular formula is C31H47O8P. The Morgan fingerprint density at radius 1 is 1.02 bits per heavy atom. The van der Waals surface area contributed by atoms with E-state index in [0.717, 1.165) is 12.0 Å². The van der Waals surface area contributed by atoms with Gasteiger partial charge in [-0.1, -0.05) is 86.4 Å². The van der Waals surface area contributed by atoms with Crippen molar-refractivity contribution >= 4 is 31.8 Å². The number of hydrogen-bond donors (Lipinski definition) is 1. The summed E-state index contributed by atoms with van der Waals surface area (Å²) in [6.07, 6.45) is 7.85. The first-order valence-corrected chi connectivity index (χ1v) is 16.0. The van der Waals surface area contributed by atoms with E-state index in [1.54, 1.807) is 0 Å².